The number of carbonyl (C=O) groups is 5. The number of cyclic esters (lactones) is 1. The Bertz CT molecular complexity index is 2520. The summed E-state index contributed by atoms with van der Waals surface area (Å²) in [5, 5.41) is 16.9. The van der Waals surface area contributed by atoms with Crippen LogP contribution in [-0.4, -0.2) is 149 Å². The molecule has 1 unspecified atom stereocenters. The van der Waals surface area contributed by atoms with Crippen LogP contribution >= 0.6 is 0 Å². The minimum atomic E-state index is -1.15. The first-order chi connectivity index (χ1) is 33.0. The molecule has 3 N–H and O–H groups in total. The van der Waals surface area contributed by atoms with Crippen molar-refractivity contribution in [1.82, 2.24) is 35.0 Å². The summed E-state index contributed by atoms with van der Waals surface area (Å²) in [5.41, 5.74) is 10.1. The van der Waals surface area contributed by atoms with Crippen LogP contribution in [0.25, 0.3) is 27.6 Å². The van der Waals surface area contributed by atoms with Crippen LogP contribution in [0.5, 0.6) is 5.75 Å². The number of phenols is 1. The van der Waals surface area contributed by atoms with Crippen LogP contribution < -0.4 is 10.7 Å². The average Bonchev–Trinajstić information content (AvgIpc) is 3.82. The standard InChI is InChI=1S/C53H72N8O8/c1-9-59-29-44(59)51(66)57(6)30-45(63)58(7)47(34-15-11-12-16-34)49(64)55-42-25-33-23-36(26-37(62)24-33)35-19-20-43-39(27-35)40(48(60(43)10-2)38-17-13-21-54-46(38)32(3)68-8)28-53(4,5)31-69-52(67)41-18-14-22-61(56-41)50(42)65/h19-21,23-24,26-27,32,34,41-42,44,47,56,62H,9-18,22,25,28-31H2,1-8H3,(H,55,64)/t32-,41-,42-,44+,47-,59?/m0/s1. The Morgan fingerprint density at radius 1 is 1.03 bits per heavy atom. The van der Waals surface area contributed by atoms with Crippen LogP contribution in [0.4, 0.5) is 0 Å². The molecule has 4 amide bonds. The van der Waals surface area contributed by atoms with Gasteiger partial charge in [-0.3, -0.25) is 38.9 Å². The van der Waals surface area contributed by atoms with Gasteiger partial charge < -0.3 is 34.3 Å². The number of amides is 4. The Balaban J connectivity index is 1.18. The van der Waals surface area contributed by atoms with Crippen molar-refractivity contribution in [2.45, 2.75) is 136 Å². The second kappa shape index (κ2) is 20.8. The molecule has 0 spiro atoms. The zero-order valence-corrected chi connectivity index (χ0v) is 41.8. The molecule has 1 aromatic heterocycles. The molecule has 6 bridgehead atoms. The highest BCUT2D eigenvalue weighted by atomic mass is 16.5. The lowest BCUT2D eigenvalue weighted by Gasteiger charge is -2.37. The molecule has 5 heterocycles. The summed E-state index contributed by atoms with van der Waals surface area (Å²) in [6.45, 7) is 12.7. The lowest BCUT2D eigenvalue weighted by Crippen LogP contribution is -2.62. The maximum Gasteiger partial charge on any atom is 0.324 e. The second-order valence-corrected chi connectivity index (χ2v) is 20.6. The summed E-state index contributed by atoms with van der Waals surface area (Å²) in [5.74, 6) is -2.04. The predicted octanol–water partition coefficient (Wildman–Crippen LogP) is 5.47. The number of hydrogen-bond acceptors (Lipinski definition) is 11. The molecule has 16 heteroatoms. The number of aromatic hydroxyl groups is 1. The normalized spacial score (nSPS) is 23.9. The maximum absolute atomic E-state index is 14.9. The lowest BCUT2D eigenvalue weighted by atomic mass is 9.83. The molecule has 2 saturated heterocycles. The van der Waals surface area contributed by atoms with Crippen molar-refractivity contribution in [3.8, 4) is 16.9 Å². The third-order valence-corrected chi connectivity index (χ3v) is 15.0. The van der Waals surface area contributed by atoms with Crippen molar-refractivity contribution in [2.24, 2.45) is 16.3 Å². The highest BCUT2D eigenvalue weighted by Crippen LogP contribution is 2.42. The third kappa shape index (κ3) is 10.6. The van der Waals surface area contributed by atoms with Gasteiger partial charge in [-0.15, -0.1) is 0 Å². The fourth-order valence-corrected chi connectivity index (χ4v) is 11.1. The third-order valence-electron chi connectivity index (χ3n) is 15.0. The fourth-order valence-electron chi connectivity index (χ4n) is 11.1. The summed E-state index contributed by atoms with van der Waals surface area (Å²) in [4.78, 5) is 80.6. The minimum absolute atomic E-state index is 0.00566. The molecule has 2 aromatic carbocycles. The number of phenolic OH excluding ortho intramolecular Hbond substituents is 1. The van der Waals surface area contributed by atoms with E-state index in [1.54, 1.807) is 33.3 Å². The second-order valence-electron chi connectivity index (χ2n) is 20.6. The first kappa shape index (κ1) is 49.8. The van der Waals surface area contributed by atoms with E-state index < -0.39 is 41.3 Å². The summed E-state index contributed by atoms with van der Waals surface area (Å²) in [6.07, 6.45) is 8.14. The smallest absolute Gasteiger partial charge is 0.324 e. The van der Waals surface area contributed by atoms with Crippen LogP contribution in [0.1, 0.15) is 103 Å². The summed E-state index contributed by atoms with van der Waals surface area (Å²) in [7, 11) is 4.92. The van der Waals surface area contributed by atoms with E-state index in [0.29, 0.717) is 37.9 Å². The Hall–Kier alpha value is -5.58. The van der Waals surface area contributed by atoms with Gasteiger partial charge in [0, 0.05) is 75.4 Å². The van der Waals surface area contributed by atoms with Crippen molar-refractivity contribution in [1.29, 1.82) is 0 Å². The molecule has 69 heavy (non-hydrogen) atoms. The molecule has 372 valence electrons. The van der Waals surface area contributed by atoms with Gasteiger partial charge in [0.05, 0.1) is 30.6 Å². The highest BCUT2D eigenvalue weighted by molar-refractivity contribution is 5.96. The van der Waals surface area contributed by atoms with Gasteiger partial charge >= 0.3 is 5.97 Å². The number of nitrogens with zero attached hydrogens (tertiary/aromatic N) is 6. The van der Waals surface area contributed by atoms with Crippen molar-refractivity contribution in [3.05, 3.63) is 58.9 Å². The molecule has 1 aliphatic carbocycles. The van der Waals surface area contributed by atoms with E-state index in [1.807, 2.05) is 31.0 Å². The van der Waals surface area contributed by atoms with Gasteiger partial charge in [0.25, 0.3) is 5.91 Å². The number of fused-ring (bicyclic) bond motifs is 6. The van der Waals surface area contributed by atoms with Gasteiger partial charge in [-0.05, 0) is 118 Å². The Morgan fingerprint density at radius 3 is 2.51 bits per heavy atom. The van der Waals surface area contributed by atoms with E-state index in [2.05, 4.69) is 54.3 Å². The molecule has 8 rings (SSSR count). The number of allylic oxidation sites excluding steroid dienone is 1. The highest BCUT2D eigenvalue weighted by Gasteiger charge is 2.43. The first-order valence-corrected chi connectivity index (χ1v) is 25.1. The van der Waals surface area contributed by atoms with Crippen molar-refractivity contribution in [3.63, 3.8) is 0 Å². The summed E-state index contributed by atoms with van der Waals surface area (Å²) in [6, 6.07) is 8.52. The monoisotopic (exact) mass is 949 g/mol. The van der Waals surface area contributed by atoms with E-state index in [4.69, 9.17) is 14.5 Å². The number of aliphatic imine (C=N–C) groups is 1. The largest absolute Gasteiger partial charge is 0.508 e. The van der Waals surface area contributed by atoms with Crippen LogP contribution in [0.15, 0.2) is 47.1 Å². The topological polar surface area (TPSA) is 178 Å². The van der Waals surface area contributed by atoms with Crippen LogP contribution in [-0.2, 0) is 52.8 Å². The fraction of sp³-hybridized carbons (Fsp3) is 0.585. The lowest BCUT2D eigenvalue weighted by molar-refractivity contribution is -0.155. The minimum Gasteiger partial charge on any atom is -0.508 e. The van der Waals surface area contributed by atoms with E-state index in [-0.39, 0.29) is 61.7 Å². The number of esters is 1. The van der Waals surface area contributed by atoms with E-state index >= 15 is 0 Å². The quantitative estimate of drug-likeness (QED) is 0.156. The summed E-state index contributed by atoms with van der Waals surface area (Å²) >= 11 is 0. The predicted molar refractivity (Wildman–Crippen MR) is 265 cm³/mol. The average molecular weight is 949 g/mol. The SMILES string of the molecule is CCN1C[C@@H]1C(=O)N(C)CC(=O)N(C)[C@H](C(=O)N[C@H]1Cc2cc(O)cc(c2)-c2ccc3c(c2)c(c(C2=C([C@H](C)OC)N=CCC2)n3CC)CC(C)(C)COC(=O)[C@@H]2CCCN(N2)C1=O)C1CCCC1. The van der Waals surface area contributed by atoms with Gasteiger partial charge in [0.1, 0.15) is 29.9 Å². The van der Waals surface area contributed by atoms with E-state index in [0.717, 1.165) is 89.6 Å². The number of ether oxygens (including phenoxy) is 2. The Morgan fingerprint density at radius 2 is 1.80 bits per heavy atom. The van der Waals surface area contributed by atoms with Gasteiger partial charge in [0.15, 0.2) is 0 Å². The zero-order valence-electron chi connectivity index (χ0n) is 41.8. The van der Waals surface area contributed by atoms with E-state index in [1.165, 1.54) is 14.8 Å². The zero-order chi connectivity index (χ0) is 49.3. The number of methoxy groups -OCH3 is 1. The van der Waals surface area contributed by atoms with Gasteiger partial charge in [-0.2, -0.15) is 0 Å². The number of benzene rings is 2. The molecule has 3 fully saturated rings. The number of hydrogen-bond donors (Lipinski definition) is 3. The molecule has 16 nitrogen and oxygen atoms in total. The number of hydrazine groups is 1. The van der Waals surface area contributed by atoms with Crippen LogP contribution in [0, 0.1) is 11.3 Å². The number of likely N-dealkylation sites (N-methyl/N-ethyl adjacent to an activating group) is 3. The van der Waals surface area contributed by atoms with Crippen LogP contribution in [0.3, 0.4) is 0 Å². The first-order valence-electron chi connectivity index (χ1n) is 25.1. The molecular weight excluding hydrogens is 877 g/mol. The maximum atomic E-state index is 14.9. The Kier molecular flexibility index (Phi) is 15.0. The number of nitrogens with one attached hydrogen (secondary N) is 2. The molecule has 6 atom stereocenters. The van der Waals surface area contributed by atoms with Gasteiger partial charge in [-0.25, -0.2) is 5.43 Å². The number of aromatic nitrogens is 1. The van der Waals surface area contributed by atoms with Crippen LogP contribution in [0.2, 0.25) is 0 Å². The van der Waals surface area contributed by atoms with E-state index in [9.17, 15) is 29.1 Å². The molecule has 3 aromatic rings. The van der Waals surface area contributed by atoms with Gasteiger partial charge in [0.2, 0.25) is 17.7 Å². The van der Waals surface area contributed by atoms with Crippen molar-refractivity contribution < 1.29 is 38.6 Å². The Labute approximate surface area is 406 Å². The number of rotatable bonds is 12. The number of carbonyl (C=O) groups excluding carboxylic acids is 5. The van der Waals surface area contributed by atoms with Crippen molar-refractivity contribution >= 4 is 52.3 Å². The number of aryl methyl sites for hydroxylation is 1. The molecule has 5 aliphatic rings. The molecule has 0 radical (unpaired) electrons. The van der Waals surface area contributed by atoms with Crippen molar-refractivity contribution in [2.75, 3.05) is 54.0 Å². The molecular formula is C53H72N8O8. The summed E-state index contributed by atoms with van der Waals surface area (Å²) < 4.78 is 14.4. The van der Waals surface area contributed by atoms with Gasteiger partial charge in [-0.1, -0.05) is 45.7 Å². The molecule has 4 aliphatic heterocycles. The molecule has 1 saturated carbocycles.